The van der Waals surface area contributed by atoms with Crippen molar-refractivity contribution in [1.82, 2.24) is 4.90 Å². The van der Waals surface area contributed by atoms with E-state index in [1.807, 2.05) is 19.1 Å². The minimum Gasteiger partial charge on any atom is -0.416 e. The molecule has 166 valence electrons. The SMILES string of the molecule is CC(=O)Oc1cc2c(s1)CC(C)(C)N(C(C(=O)C1C(C)C1C)c1c(C)cccc1F)C2. The molecular formula is C25H30FNO3S. The Morgan fingerprint density at radius 1 is 1.26 bits per heavy atom. The Balaban J connectivity index is 1.78. The van der Waals surface area contributed by atoms with Crippen LogP contribution in [0.5, 0.6) is 5.06 Å². The normalized spacial score (nSPS) is 25.6. The van der Waals surface area contributed by atoms with Gasteiger partial charge in [-0.2, -0.15) is 0 Å². The molecule has 0 N–H and O–H groups in total. The maximum absolute atomic E-state index is 15.2. The zero-order valence-corrected chi connectivity index (χ0v) is 19.8. The Kier molecular flexibility index (Phi) is 5.59. The molecule has 3 unspecified atom stereocenters. The summed E-state index contributed by atoms with van der Waals surface area (Å²) < 4.78 is 20.5. The molecule has 4 rings (SSSR count). The van der Waals surface area contributed by atoms with Crippen LogP contribution in [0.2, 0.25) is 0 Å². The van der Waals surface area contributed by atoms with E-state index in [1.54, 1.807) is 6.07 Å². The molecule has 4 nitrogen and oxygen atoms in total. The van der Waals surface area contributed by atoms with Gasteiger partial charge in [-0.1, -0.05) is 26.0 Å². The summed E-state index contributed by atoms with van der Waals surface area (Å²) in [5, 5.41) is 0.574. The number of esters is 1. The van der Waals surface area contributed by atoms with Crippen LogP contribution in [0.15, 0.2) is 24.3 Å². The molecule has 0 saturated heterocycles. The second-order valence-corrected chi connectivity index (χ2v) is 10.8. The Bertz CT molecular complexity index is 1020. The first-order valence-corrected chi connectivity index (χ1v) is 11.7. The molecule has 2 aliphatic rings. The van der Waals surface area contributed by atoms with Crippen molar-refractivity contribution in [1.29, 1.82) is 0 Å². The number of aryl methyl sites for hydroxylation is 1. The van der Waals surface area contributed by atoms with Crippen LogP contribution < -0.4 is 4.74 Å². The van der Waals surface area contributed by atoms with Crippen molar-refractivity contribution in [3.8, 4) is 5.06 Å². The minimum absolute atomic E-state index is 0.0414. The summed E-state index contributed by atoms with van der Waals surface area (Å²) in [7, 11) is 0. The van der Waals surface area contributed by atoms with Crippen molar-refractivity contribution in [3.05, 3.63) is 51.7 Å². The van der Waals surface area contributed by atoms with Gasteiger partial charge in [-0.15, -0.1) is 11.3 Å². The number of hydrogen-bond donors (Lipinski definition) is 0. The first-order valence-electron chi connectivity index (χ1n) is 10.9. The summed E-state index contributed by atoms with van der Waals surface area (Å²) in [6, 6.07) is 6.28. The van der Waals surface area contributed by atoms with Crippen LogP contribution in [0.3, 0.4) is 0 Å². The molecule has 0 amide bonds. The quantitative estimate of drug-likeness (QED) is 0.575. The predicted molar refractivity (Wildman–Crippen MR) is 120 cm³/mol. The molecule has 3 atom stereocenters. The average molecular weight is 444 g/mol. The third kappa shape index (κ3) is 3.96. The number of rotatable bonds is 5. The molecular weight excluding hydrogens is 413 g/mol. The van der Waals surface area contributed by atoms with Gasteiger partial charge in [0.1, 0.15) is 5.82 Å². The van der Waals surface area contributed by atoms with Gasteiger partial charge in [0.25, 0.3) is 0 Å². The molecule has 1 aromatic carbocycles. The van der Waals surface area contributed by atoms with Gasteiger partial charge < -0.3 is 4.74 Å². The standard InChI is InChI=1S/C25H30FNO3S/c1-13-8-7-9-18(26)21(13)23(24(29)22-14(2)15(22)3)27-12-17-10-20(30-16(4)28)31-19(17)11-25(27,5)6/h7-10,14-15,22-23H,11-12H2,1-6H3. The molecule has 1 aliphatic carbocycles. The van der Waals surface area contributed by atoms with Gasteiger partial charge in [-0.3, -0.25) is 14.5 Å². The molecule has 0 radical (unpaired) electrons. The zero-order chi connectivity index (χ0) is 22.7. The van der Waals surface area contributed by atoms with E-state index in [-0.39, 0.29) is 29.0 Å². The lowest BCUT2D eigenvalue weighted by Gasteiger charge is -2.46. The highest BCUT2D eigenvalue weighted by Gasteiger charge is 2.53. The van der Waals surface area contributed by atoms with Crippen molar-refractivity contribution in [2.24, 2.45) is 17.8 Å². The van der Waals surface area contributed by atoms with Gasteiger partial charge in [-0.25, -0.2) is 4.39 Å². The van der Waals surface area contributed by atoms with Crippen molar-refractivity contribution < 1.29 is 18.7 Å². The van der Waals surface area contributed by atoms with E-state index < -0.39 is 6.04 Å². The average Bonchev–Trinajstić information content (AvgIpc) is 3.07. The van der Waals surface area contributed by atoms with Gasteiger partial charge in [0.15, 0.2) is 10.8 Å². The van der Waals surface area contributed by atoms with Crippen molar-refractivity contribution in [3.63, 3.8) is 0 Å². The molecule has 1 fully saturated rings. The van der Waals surface area contributed by atoms with Crippen LogP contribution in [-0.4, -0.2) is 22.2 Å². The molecule has 2 aromatic rings. The third-order valence-corrected chi connectivity index (χ3v) is 8.16. The summed E-state index contributed by atoms with van der Waals surface area (Å²) in [6.45, 7) is 12.2. The van der Waals surface area contributed by atoms with Crippen molar-refractivity contribution in [2.45, 2.75) is 66.1 Å². The van der Waals surface area contributed by atoms with Gasteiger partial charge in [-0.05, 0) is 55.9 Å². The summed E-state index contributed by atoms with van der Waals surface area (Å²) in [5.41, 5.74) is 1.98. The Labute approximate surface area is 187 Å². The van der Waals surface area contributed by atoms with Crippen LogP contribution in [0.25, 0.3) is 0 Å². The fourth-order valence-corrected chi connectivity index (χ4v) is 6.34. The van der Waals surface area contributed by atoms with Gasteiger partial charge in [0, 0.05) is 41.8 Å². The lowest BCUT2D eigenvalue weighted by molar-refractivity contribution is -0.131. The number of halogens is 1. The second kappa shape index (κ2) is 7.82. The summed E-state index contributed by atoms with van der Waals surface area (Å²) >= 11 is 1.48. The van der Waals surface area contributed by atoms with Gasteiger partial charge in [0.05, 0.1) is 6.04 Å². The van der Waals surface area contributed by atoms with E-state index in [4.69, 9.17) is 4.74 Å². The summed E-state index contributed by atoms with van der Waals surface area (Å²) in [5.74, 6) is 0.0400. The van der Waals surface area contributed by atoms with Crippen LogP contribution in [0.1, 0.15) is 62.2 Å². The Morgan fingerprint density at radius 2 is 1.94 bits per heavy atom. The molecule has 6 heteroatoms. The smallest absolute Gasteiger partial charge is 0.308 e. The maximum atomic E-state index is 15.2. The number of ether oxygens (including phenoxy) is 1. The largest absolute Gasteiger partial charge is 0.416 e. The number of carbonyl (C=O) groups is 2. The Morgan fingerprint density at radius 3 is 2.52 bits per heavy atom. The number of nitrogens with zero attached hydrogens (tertiary/aromatic N) is 1. The van der Waals surface area contributed by atoms with Crippen molar-refractivity contribution >= 4 is 23.1 Å². The van der Waals surface area contributed by atoms with E-state index in [0.717, 1.165) is 16.0 Å². The zero-order valence-electron chi connectivity index (χ0n) is 19.0. The lowest BCUT2D eigenvalue weighted by Crippen LogP contribution is -2.52. The molecule has 1 aliphatic heterocycles. The van der Waals surface area contributed by atoms with Crippen LogP contribution >= 0.6 is 11.3 Å². The van der Waals surface area contributed by atoms with Crippen molar-refractivity contribution in [2.75, 3.05) is 0 Å². The monoisotopic (exact) mass is 443 g/mol. The van der Waals surface area contributed by atoms with E-state index in [1.165, 1.54) is 24.3 Å². The van der Waals surface area contributed by atoms with E-state index in [0.29, 0.717) is 35.4 Å². The maximum Gasteiger partial charge on any atom is 0.308 e. The topological polar surface area (TPSA) is 46.6 Å². The number of benzene rings is 1. The second-order valence-electron chi connectivity index (χ2n) is 9.74. The number of Topliss-reactive ketones (excluding diaryl/α,β-unsaturated/α-hetero) is 1. The fourth-order valence-electron chi connectivity index (χ4n) is 5.05. The van der Waals surface area contributed by atoms with Crippen LogP contribution in [0, 0.1) is 30.5 Å². The first kappa shape index (κ1) is 22.2. The van der Waals surface area contributed by atoms with E-state index >= 15 is 4.39 Å². The fraction of sp³-hybridized carbons (Fsp3) is 0.520. The Hall–Kier alpha value is -2.05. The van der Waals surface area contributed by atoms with Gasteiger partial charge in [0.2, 0.25) is 0 Å². The predicted octanol–water partition coefficient (Wildman–Crippen LogP) is 5.47. The number of fused-ring (bicyclic) bond motifs is 1. The summed E-state index contributed by atoms with van der Waals surface area (Å²) in [4.78, 5) is 28.5. The first-order chi connectivity index (χ1) is 14.5. The third-order valence-electron chi connectivity index (χ3n) is 7.11. The number of ketones is 1. The molecule has 31 heavy (non-hydrogen) atoms. The highest BCUT2D eigenvalue weighted by Crippen LogP contribution is 2.51. The highest BCUT2D eigenvalue weighted by atomic mass is 32.1. The lowest BCUT2D eigenvalue weighted by atomic mass is 9.84. The van der Waals surface area contributed by atoms with Crippen LogP contribution in [-0.2, 0) is 22.6 Å². The number of carbonyl (C=O) groups excluding carboxylic acids is 2. The van der Waals surface area contributed by atoms with E-state index in [9.17, 15) is 9.59 Å². The summed E-state index contributed by atoms with van der Waals surface area (Å²) in [6.07, 6.45) is 0.710. The molecule has 2 heterocycles. The highest BCUT2D eigenvalue weighted by molar-refractivity contribution is 7.14. The molecule has 0 bridgehead atoms. The number of thiophene rings is 1. The number of hydrogen-bond acceptors (Lipinski definition) is 5. The van der Waals surface area contributed by atoms with E-state index in [2.05, 4.69) is 32.6 Å². The minimum atomic E-state index is -0.640. The van der Waals surface area contributed by atoms with Gasteiger partial charge >= 0.3 is 5.97 Å². The molecule has 0 spiro atoms. The molecule has 1 saturated carbocycles. The van der Waals surface area contributed by atoms with Crippen LogP contribution in [0.4, 0.5) is 4.39 Å². The molecule has 1 aromatic heterocycles.